The molecule has 6 nitrogen and oxygen atoms in total. The van der Waals surface area contributed by atoms with Gasteiger partial charge in [-0.1, -0.05) is 0 Å². The second-order valence-corrected chi connectivity index (χ2v) is 3.40. The van der Waals surface area contributed by atoms with Crippen LogP contribution in [-0.2, 0) is 0 Å². The minimum atomic E-state index is -0.283. The lowest BCUT2D eigenvalue weighted by Gasteiger charge is -2.08. The number of nitrogens with zero attached hydrogens (tertiary/aromatic N) is 1. The fraction of sp³-hybridized carbons (Fsp3) is 0.167. The Kier molecular flexibility index (Phi) is 3.47. The molecule has 6 heteroatoms. The number of ether oxygens (including phenoxy) is 3. The maximum Gasteiger partial charge on any atom is 0.254 e. The molecular weight excluding hydrogens is 236 g/mol. The van der Waals surface area contributed by atoms with Gasteiger partial charge in [-0.3, -0.25) is 4.79 Å². The number of benzene rings is 1. The van der Waals surface area contributed by atoms with Crippen molar-refractivity contribution < 1.29 is 14.2 Å². The van der Waals surface area contributed by atoms with Gasteiger partial charge in [0, 0.05) is 18.2 Å². The van der Waals surface area contributed by atoms with Crippen molar-refractivity contribution in [2.45, 2.75) is 0 Å². The Balaban J connectivity index is 2.30. The second kappa shape index (κ2) is 5.22. The van der Waals surface area contributed by atoms with Gasteiger partial charge in [0.2, 0.25) is 5.88 Å². The number of H-pyrrole nitrogens is 1. The minimum absolute atomic E-state index is 0.203. The molecule has 1 aromatic heterocycles. The number of hydrogen-bond donors (Lipinski definition) is 1. The summed E-state index contributed by atoms with van der Waals surface area (Å²) in [7, 11) is 3.09. The molecule has 0 saturated heterocycles. The second-order valence-electron chi connectivity index (χ2n) is 3.40. The predicted octanol–water partition coefficient (Wildman–Crippen LogP) is 1.58. The van der Waals surface area contributed by atoms with Gasteiger partial charge in [-0.25, -0.2) is 4.98 Å². The molecule has 0 aliphatic rings. The summed E-state index contributed by atoms with van der Waals surface area (Å²) in [4.78, 5) is 17.4. The fourth-order valence-corrected chi connectivity index (χ4v) is 1.37. The molecule has 2 rings (SSSR count). The zero-order valence-corrected chi connectivity index (χ0v) is 9.97. The van der Waals surface area contributed by atoms with Crippen LogP contribution in [0.2, 0.25) is 0 Å². The van der Waals surface area contributed by atoms with E-state index >= 15 is 0 Å². The number of rotatable bonds is 4. The molecule has 1 aromatic carbocycles. The Bertz CT molecular complexity index is 572. The Labute approximate surface area is 103 Å². The van der Waals surface area contributed by atoms with E-state index in [1.54, 1.807) is 32.4 Å². The smallest absolute Gasteiger partial charge is 0.254 e. The highest BCUT2D eigenvalue weighted by molar-refractivity contribution is 5.43. The van der Waals surface area contributed by atoms with Crippen molar-refractivity contribution >= 4 is 0 Å². The maximum atomic E-state index is 11.1. The van der Waals surface area contributed by atoms with Crippen LogP contribution in [-0.4, -0.2) is 24.2 Å². The third-order valence-electron chi connectivity index (χ3n) is 2.20. The van der Waals surface area contributed by atoms with E-state index in [-0.39, 0.29) is 11.4 Å². The molecule has 2 aromatic rings. The van der Waals surface area contributed by atoms with Crippen LogP contribution < -0.4 is 19.8 Å². The molecule has 18 heavy (non-hydrogen) atoms. The number of hydrogen-bond acceptors (Lipinski definition) is 5. The van der Waals surface area contributed by atoms with E-state index in [0.29, 0.717) is 17.2 Å². The first-order valence-corrected chi connectivity index (χ1v) is 5.17. The summed E-state index contributed by atoms with van der Waals surface area (Å²) in [6.07, 6.45) is 1.27. The summed E-state index contributed by atoms with van der Waals surface area (Å²) in [5.41, 5.74) is -0.283. The van der Waals surface area contributed by atoms with E-state index in [0.717, 1.165) is 0 Å². The lowest BCUT2D eigenvalue weighted by molar-refractivity contribution is 0.385. The van der Waals surface area contributed by atoms with Gasteiger partial charge in [-0.15, -0.1) is 0 Å². The molecule has 0 saturated carbocycles. The third-order valence-corrected chi connectivity index (χ3v) is 2.20. The molecule has 0 bridgehead atoms. The van der Waals surface area contributed by atoms with E-state index in [9.17, 15) is 4.79 Å². The van der Waals surface area contributed by atoms with Crippen molar-refractivity contribution in [1.82, 2.24) is 9.97 Å². The van der Waals surface area contributed by atoms with E-state index in [1.807, 2.05) is 0 Å². The highest BCUT2D eigenvalue weighted by Crippen LogP contribution is 2.29. The van der Waals surface area contributed by atoms with E-state index in [4.69, 9.17) is 14.2 Å². The maximum absolute atomic E-state index is 11.1. The van der Waals surface area contributed by atoms with Crippen molar-refractivity contribution in [3.05, 3.63) is 40.9 Å². The van der Waals surface area contributed by atoms with Crippen molar-refractivity contribution in [3.8, 4) is 23.1 Å². The third kappa shape index (κ3) is 2.79. The fourth-order valence-electron chi connectivity index (χ4n) is 1.37. The Morgan fingerprint density at radius 3 is 2.17 bits per heavy atom. The average Bonchev–Trinajstić information content (AvgIpc) is 2.38. The molecule has 0 unspecified atom stereocenters. The highest BCUT2D eigenvalue weighted by atomic mass is 16.5. The van der Waals surface area contributed by atoms with Crippen LogP contribution in [0.5, 0.6) is 23.1 Å². The van der Waals surface area contributed by atoms with Crippen LogP contribution in [0.3, 0.4) is 0 Å². The molecule has 1 N–H and O–H groups in total. The van der Waals surface area contributed by atoms with Gasteiger partial charge < -0.3 is 19.2 Å². The predicted molar refractivity (Wildman–Crippen MR) is 64.5 cm³/mol. The van der Waals surface area contributed by atoms with Gasteiger partial charge in [-0.2, -0.15) is 0 Å². The summed E-state index contributed by atoms with van der Waals surface area (Å²) < 4.78 is 15.7. The Morgan fingerprint density at radius 1 is 1.00 bits per heavy atom. The van der Waals surface area contributed by atoms with Gasteiger partial charge in [-0.05, 0) is 0 Å². The summed E-state index contributed by atoms with van der Waals surface area (Å²) in [5, 5.41) is 0. The van der Waals surface area contributed by atoms with Gasteiger partial charge in [0.25, 0.3) is 5.56 Å². The molecule has 94 valence electrons. The van der Waals surface area contributed by atoms with Crippen LogP contribution >= 0.6 is 0 Å². The number of aromatic nitrogens is 2. The monoisotopic (exact) mass is 248 g/mol. The van der Waals surface area contributed by atoms with E-state index < -0.39 is 0 Å². The van der Waals surface area contributed by atoms with Gasteiger partial charge in [0.05, 0.1) is 26.6 Å². The molecule has 0 aliphatic carbocycles. The zero-order valence-electron chi connectivity index (χ0n) is 9.97. The average molecular weight is 248 g/mol. The first-order valence-electron chi connectivity index (χ1n) is 5.17. The largest absolute Gasteiger partial charge is 0.496 e. The van der Waals surface area contributed by atoms with Crippen LogP contribution in [0.1, 0.15) is 0 Å². The summed E-state index contributed by atoms with van der Waals surface area (Å²) in [5.74, 6) is 1.86. The minimum Gasteiger partial charge on any atom is -0.496 e. The first-order chi connectivity index (χ1) is 8.71. The number of methoxy groups -OCH3 is 2. The van der Waals surface area contributed by atoms with Crippen molar-refractivity contribution in [2.24, 2.45) is 0 Å². The molecule has 0 spiro atoms. The SMILES string of the molecule is COc1cc(OC)cc(Oc2cc(=O)[nH]cn2)c1. The van der Waals surface area contributed by atoms with Crippen molar-refractivity contribution in [3.63, 3.8) is 0 Å². The Morgan fingerprint density at radius 2 is 1.61 bits per heavy atom. The quantitative estimate of drug-likeness (QED) is 0.889. The standard InChI is InChI=1S/C12H12N2O4/c1-16-8-3-9(17-2)5-10(4-8)18-12-6-11(15)13-7-14-12/h3-7H,1-2H3,(H,13,14,15). The van der Waals surface area contributed by atoms with Gasteiger partial charge in [0.15, 0.2) is 0 Å². The van der Waals surface area contributed by atoms with E-state index in [2.05, 4.69) is 9.97 Å². The van der Waals surface area contributed by atoms with Gasteiger partial charge in [0.1, 0.15) is 17.2 Å². The van der Waals surface area contributed by atoms with Crippen molar-refractivity contribution in [1.29, 1.82) is 0 Å². The molecule has 0 atom stereocenters. The van der Waals surface area contributed by atoms with Crippen LogP contribution in [0.25, 0.3) is 0 Å². The normalized spacial score (nSPS) is 9.89. The lowest BCUT2D eigenvalue weighted by Crippen LogP contribution is -2.04. The number of aromatic amines is 1. The number of nitrogens with one attached hydrogen (secondary N) is 1. The molecule has 0 radical (unpaired) electrons. The molecule has 0 aliphatic heterocycles. The van der Waals surface area contributed by atoms with E-state index in [1.165, 1.54) is 12.4 Å². The summed E-state index contributed by atoms with van der Waals surface area (Å²) in [6.45, 7) is 0. The van der Waals surface area contributed by atoms with Crippen LogP contribution in [0.4, 0.5) is 0 Å². The topological polar surface area (TPSA) is 73.4 Å². The van der Waals surface area contributed by atoms with Gasteiger partial charge >= 0.3 is 0 Å². The highest BCUT2D eigenvalue weighted by Gasteiger charge is 2.05. The Hall–Kier alpha value is -2.50. The molecule has 0 amide bonds. The molecular formula is C12H12N2O4. The lowest BCUT2D eigenvalue weighted by atomic mass is 10.3. The first kappa shape index (κ1) is 12.0. The zero-order chi connectivity index (χ0) is 13.0. The van der Waals surface area contributed by atoms with Crippen molar-refractivity contribution in [2.75, 3.05) is 14.2 Å². The van der Waals surface area contributed by atoms with Crippen LogP contribution in [0.15, 0.2) is 35.4 Å². The van der Waals surface area contributed by atoms with Crippen LogP contribution in [0, 0.1) is 0 Å². The summed E-state index contributed by atoms with van der Waals surface area (Å²) >= 11 is 0. The molecule has 0 fully saturated rings. The summed E-state index contributed by atoms with van der Waals surface area (Å²) in [6, 6.07) is 6.32. The molecule has 1 heterocycles.